The number of unbranched alkanes of at least 4 members (excludes halogenated alkanes) is 1. The highest BCUT2D eigenvalue weighted by Gasteiger charge is 2.37. The molecular formula is C23H27N5O2. The van der Waals surface area contributed by atoms with E-state index in [1.54, 1.807) is 4.57 Å². The molecule has 0 fully saturated rings. The van der Waals surface area contributed by atoms with E-state index in [-0.39, 0.29) is 11.6 Å². The van der Waals surface area contributed by atoms with Crippen LogP contribution in [0.2, 0.25) is 0 Å². The van der Waals surface area contributed by atoms with Gasteiger partial charge in [-0.15, -0.1) is 0 Å². The zero-order valence-electron chi connectivity index (χ0n) is 17.6. The maximum absolute atomic E-state index is 12.7. The van der Waals surface area contributed by atoms with Crippen LogP contribution < -0.4 is 15.9 Å². The maximum Gasteiger partial charge on any atom is 0.343 e. The SMILES string of the molecule is CCCCn1c(-c2ccc3c(c2)N(Cc2ccccc2)C(C)(C)NC3=O)n[nH]c1=O. The molecule has 1 amide bonds. The van der Waals surface area contributed by atoms with Crippen LogP contribution in [-0.4, -0.2) is 26.3 Å². The topological polar surface area (TPSA) is 83.0 Å². The van der Waals surface area contributed by atoms with Gasteiger partial charge < -0.3 is 10.2 Å². The van der Waals surface area contributed by atoms with Crippen molar-refractivity contribution in [1.29, 1.82) is 0 Å². The summed E-state index contributed by atoms with van der Waals surface area (Å²) in [6, 6.07) is 15.8. The van der Waals surface area contributed by atoms with E-state index < -0.39 is 5.66 Å². The van der Waals surface area contributed by atoms with Crippen LogP contribution in [0.1, 0.15) is 49.5 Å². The van der Waals surface area contributed by atoms with E-state index in [1.807, 2.05) is 50.2 Å². The van der Waals surface area contributed by atoms with Gasteiger partial charge in [0.1, 0.15) is 5.66 Å². The van der Waals surface area contributed by atoms with Crippen LogP contribution >= 0.6 is 0 Å². The predicted octanol–water partition coefficient (Wildman–Crippen LogP) is 3.52. The lowest BCUT2D eigenvalue weighted by Crippen LogP contribution is -2.60. The Kier molecular flexibility index (Phi) is 5.20. The van der Waals surface area contributed by atoms with E-state index in [9.17, 15) is 9.59 Å². The fourth-order valence-electron chi connectivity index (χ4n) is 3.91. The van der Waals surface area contributed by atoms with E-state index in [2.05, 4.69) is 39.5 Å². The van der Waals surface area contributed by atoms with Crippen LogP contribution in [0.4, 0.5) is 5.69 Å². The van der Waals surface area contributed by atoms with Crippen LogP contribution in [0.15, 0.2) is 53.3 Å². The van der Waals surface area contributed by atoms with Gasteiger partial charge in [0, 0.05) is 18.7 Å². The number of hydrogen-bond donors (Lipinski definition) is 2. The standard InChI is InChI=1S/C23H27N5O2/c1-4-5-13-27-20(25-26-22(27)30)17-11-12-18-19(14-17)28(23(2,3)24-21(18)29)15-16-9-7-6-8-10-16/h6-12,14H,4-5,13,15H2,1-3H3,(H,24,29)(H,26,30). The minimum absolute atomic E-state index is 0.101. The number of benzene rings is 2. The second-order valence-electron chi connectivity index (χ2n) is 8.17. The molecule has 1 aliphatic heterocycles. The molecule has 4 rings (SSSR count). The third-order valence-corrected chi connectivity index (χ3v) is 5.56. The van der Waals surface area contributed by atoms with Crippen molar-refractivity contribution in [2.45, 2.75) is 52.4 Å². The van der Waals surface area contributed by atoms with E-state index in [0.717, 1.165) is 29.7 Å². The van der Waals surface area contributed by atoms with Crippen LogP contribution in [-0.2, 0) is 13.1 Å². The number of nitrogens with one attached hydrogen (secondary N) is 2. The molecule has 0 spiro atoms. The zero-order chi connectivity index (χ0) is 21.3. The van der Waals surface area contributed by atoms with Crippen LogP contribution in [0.5, 0.6) is 0 Å². The third-order valence-electron chi connectivity index (χ3n) is 5.56. The fraction of sp³-hybridized carbons (Fsp3) is 0.348. The Bertz CT molecular complexity index is 1110. The Hall–Kier alpha value is -3.35. The first-order valence-corrected chi connectivity index (χ1v) is 10.3. The molecule has 0 aliphatic carbocycles. The minimum atomic E-state index is -0.563. The first-order chi connectivity index (χ1) is 14.4. The highest BCUT2D eigenvalue weighted by molar-refractivity contribution is 6.03. The van der Waals surface area contributed by atoms with Crippen molar-refractivity contribution in [2.24, 2.45) is 0 Å². The Morgan fingerprint density at radius 3 is 2.57 bits per heavy atom. The van der Waals surface area contributed by atoms with Gasteiger partial charge in [0.05, 0.1) is 11.3 Å². The number of anilines is 1. The number of amides is 1. The van der Waals surface area contributed by atoms with Crippen molar-refractivity contribution in [3.63, 3.8) is 0 Å². The van der Waals surface area contributed by atoms with E-state index in [4.69, 9.17) is 0 Å². The minimum Gasteiger partial charge on any atom is -0.344 e. The zero-order valence-corrected chi connectivity index (χ0v) is 17.6. The molecule has 0 saturated carbocycles. The number of carbonyl (C=O) groups is 1. The molecule has 0 bridgehead atoms. The van der Waals surface area contributed by atoms with Gasteiger partial charge in [-0.3, -0.25) is 9.36 Å². The quantitative estimate of drug-likeness (QED) is 0.657. The van der Waals surface area contributed by atoms with Gasteiger partial charge in [0.2, 0.25) is 0 Å². The monoisotopic (exact) mass is 405 g/mol. The lowest BCUT2D eigenvalue weighted by atomic mass is 9.98. The number of carbonyl (C=O) groups excluding carboxylic acids is 1. The van der Waals surface area contributed by atoms with Crippen LogP contribution in [0.3, 0.4) is 0 Å². The number of fused-ring (bicyclic) bond motifs is 1. The van der Waals surface area contributed by atoms with Crippen molar-refractivity contribution in [3.05, 3.63) is 70.1 Å². The molecule has 7 heteroatoms. The van der Waals surface area contributed by atoms with E-state index in [1.165, 1.54) is 0 Å². The predicted molar refractivity (Wildman–Crippen MR) is 117 cm³/mol. The number of nitrogens with zero attached hydrogens (tertiary/aromatic N) is 3. The largest absolute Gasteiger partial charge is 0.344 e. The summed E-state index contributed by atoms with van der Waals surface area (Å²) in [5, 5.41) is 9.92. The average Bonchev–Trinajstić information content (AvgIpc) is 3.10. The van der Waals surface area contributed by atoms with Crippen molar-refractivity contribution in [3.8, 4) is 11.4 Å². The number of hydrogen-bond acceptors (Lipinski definition) is 4. The summed E-state index contributed by atoms with van der Waals surface area (Å²) in [5.74, 6) is 0.496. The molecular weight excluding hydrogens is 378 g/mol. The molecule has 3 aromatic rings. The Labute approximate surface area is 175 Å². The highest BCUT2D eigenvalue weighted by atomic mass is 16.2. The van der Waals surface area contributed by atoms with Crippen molar-refractivity contribution in [1.82, 2.24) is 20.1 Å². The lowest BCUT2D eigenvalue weighted by molar-refractivity contribution is 0.0897. The number of aromatic nitrogens is 3. The van der Waals surface area contributed by atoms with Gasteiger partial charge in [-0.1, -0.05) is 49.7 Å². The fourth-order valence-corrected chi connectivity index (χ4v) is 3.91. The molecule has 0 atom stereocenters. The summed E-state index contributed by atoms with van der Waals surface area (Å²) in [4.78, 5) is 27.2. The molecule has 7 nitrogen and oxygen atoms in total. The van der Waals surface area contributed by atoms with Gasteiger partial charge in [0.15, 0.2) is 5.82 Å². The summed E-state index contributed by atoms with van der Waals surface area (Å²) in [6.07, 6.45) is 1.88. The van der Waals surface area contributed by atoms with Crippen molar-refractivity contribution < 1.29 is 4.79 Å². The Morgan fingerprint density at radius 2 is 1.83 bits per heavy atom. The second-order valence-corrected chi connectivity index (χ2v) is 8.17. The summed E-state index contributed by atoms with van der Waals surface area (Å²) in [5.41, 5.74) is 2.64. The van der Waals surface area contributed by atoms with Gasteiger partial charge in [0.25, 0.3) is 5.91 Å². The molecule has 0 radical (unpaired) electrons. The summed E-state index contributed by atoms with van der Waals surface area (Å²) < 4.78 is 1.67. The summed E-state index contributed by atoms with van der Waals surface area (Å²) in [6.45, 7) is 7.34. The van der Waals surface area contributed by atoms with Gasteiger partial charge in [-0.25, -0.2) is 9.89 Å². The lowest BCUT2D eigenvalue weighted by Gasteiger charge is -2.45. The average molecular weight is 406 g/mol. The molecule has 2 heterocycles. The van der Waals surface area contributed by atoms with E-state index >= 15 is 0 Å². The van der Waals surface area contributed by atoms with Gasteiger partial charge in [-0.2, -0.15) is 5.10 Å². The van der Waals surface area contributed by atoms with Crippen molar-refractivity contribution in [2.75, 3.05) is 4.90 Å². The molecule has 1 aromatic heterocycles. The summed E-state index contributed by atoms with van der Waals surface area (Å²) in [7, 11) is 0. The van der Waals surface area contributed by atoms with Gasteiger partial charge >= 0.3 is 5.69 Å². The Balaban J connectivity index is 1.80. The van der Waals surface area contributed by atoms with Crippen LogP contribution in [0, 0.1) is 0 Å². The third kappa shape index (κ3) is 3.63. The van der Waals surface area contributed by atoms with Gasteiger partial charge in [-0.05, 0) is 38.0 Å². The molecule has 156 valence electrons. The normalized spacial score (nSPS) is 15.0. The Morgan fingerprint density at radius 1 is 1.07 bits per heavy atom. The maximum atomic E-state index is 12.7. The molecule has 2 N–H and O–H groups in total. The highest BCUT2D eigenvalue weighted by Crippen LogP contribution is 2.35. The molecule has 30 heavy (non-hydrogen) atoms. The molecule has 1 aliphatic rings. The van der Waals surface area contributed by atoms with E-state index in [0.29, 0.717) is 24.5 Å². The first-order valence-electron chi connectivity index (χ1n) is 10.3. The smallest absolute Gasteiger partial charge is 0.343 e. The second kappa shape index (κ2) is 7.82. The first kappa shape index (κ1) is 19.9. The molecule has 0 saturated heterocycles. The number of rotatable bonds is 6. The number of H-pyrrole nitrogens is 1. The molecule has 0 unspecified atom stereocenters. The number of aromatic amines is 1. The van der Waals surface area contributed by atoms with Crippen molar-refractivity contribution >= 4 is 11.6 Å². The summed E-state index contributed by atoms with van der Waals surface area (Å²) >= 11 is 0. The van der Waals surface area contributed by atoms with Crippen LogP contribution in [0.25, 0.3) is 11.4 Å². The molecule has 2 aromatic carbocycles.